The highest BCUT2D eigenvalue weighted by Crippen LogP contribution is 2.13. The highest BCUT2D eigenvalue weighted by atomic mass is 16.3. The predicted molar refractivity (Wildman–Crippen MR) is 76.0 cm³/mol. The lowest BCUT2D eigenvalue weighted by Gasteiger charge is -2.18. The van der Waals surface area contributed by atoms with Gasteiger partial charge in [0.05, 0.1) is 6.61 Å². The number of aryl methyl sites for hydroxylation is 2. The van der Waals surface area contributed by atoms with E-state index in [0.29, 0.717) is 5.95 Å². The van der Waals surface area contributed by atoms with Crippen LogP contribution in [-0.4, -0.2) is 22.1 Å². The summed E-state index contributed by atoms with van der Waals surface area (Å²) in [6, 6.07) is 8.39. The first-order chi connectivity index (χ1) is 9.10. The highest BCUT2D eigenvalue weighted by Gasteiger charge is 2.07. The first-order valence-electron chi connectivity index (χ1n) is 6.30. The van der Waals surface area contributed by atoms with E-state index in [2.05, 4.69) is 41.2 Å². The van der Waals surface area contributed by atoms with E-state index in [4.69, 9.17) is 5.11 Å². The Morgan fingerprint density at radius 3 is 2.68 bits per heavy atom. The van der Waals surface area contributed by atoms with Gasteiger partial charge < -0.3 is 10.0 Å². The summed E-state index contributed by atoms with van der Waals surface area (Å²) < 4.78 is 0. The summed E-state index contributed by atoms with van der Waals surface area (Å²) in [6.45, 7) is 4.71. The molecule has 0 amide bonds. The minimum absolute atomic E-state index is 0.0201. The first kappa shape index (κ1) is 13.5. The number of anilines is 1. The van der Waals surface area contributed by atoms with Crippen molar-refractivity contribution in [2.24, 2.45) is 0 Å². The van der Waals surface area contributed by atoms with E-state index >= 15 is 0 Å². The molecule has 0 aliphatic heterocycles. The minimum Gasteiger partial charge on any atom is -0.392 e. The van der Waals surface area contributed by atoms with E-state index in [1.807, 2.05) is 18.9 Å². The molecule has 0 bridgehead atoms. The Morgan fingerprint density at radius 2 is 2.05 bits per heavy atom. The molecule has 4 heteroatoms. The van der Waals surface area contributed by atoms with Crippen molar-refractivity contribution in [3.63, 3.8) is 0 Å². The molecule has 0 saturated carbocycles. The third kappa shape index (κ3) is 3.29. The summed E-state index contributed by atoms with van der Waals surface area (Å²) in [4.78, 5) is 10.7. The van der Waals surface area contributed by atoms with Crippen molar-refractivity contribution in [2.45, 2.75) is 27.0 Å². The average molecular weight is 257 g/mol. The molecule has 0 atom stereocenters. The maximum Gasteiger partial charge on any atom is 0.225 e. The van der Waals surface area contributed by atoms with Crippen LogP contribution >= 0.6 is 0 Å². The summed E-state index contributed by atoms with van der Waals surface area (Å²) in [6.07, 6.45) is 1.68. The molecule has 4 nitrogen and oxygen atoms in total. The molecule has 0 fully saturated rings. The van der Waals surface area contributed by atoms with Crippen LogP contribution in [0.4, 0.5) is 5.95 Å². The van der Waals surface area contributed by atoms with Gasteiger partial charge in [0.2, 0.25) is 5.95 Å². The van der Waals surface area contributed by atoms with Gasteiger partial charge in [-0.3, -0.25) is 0 Å². The van der Waals surface area contributed by atoms with Crippen LogP contribution in [0.3, 0.4) is 0 Å². The maximum atomic E-state index is 9.12. The lowest BCUT2D eigenvalue weighted by Crippen LogP contribution is -2.19. The van der Waals surface area contributed by atoms with E-state index in [0.717, 1.165) is 17.8 Å². The van der Waals surface area contributed by atoms with Crippen LogP contribution in [-0.2, 0) is 13.2 Å². The number of aromatic nitrogens is 2. The van der Waals surface area contributed by atoms with Crippen LogP contribution in [0.2, 0.25) is 0 Å². The number of aliphatic hydroxyl groups excluding tert-OH is 1. The molecule has 0 aliphatic carbocycles. The van der Waals surface area contributed by atoms with Gasteiger partial charge in [-0.15, -0.1) is 0 Å². The van der Waals surface area contributed by atoms with Crippen molar-refractivity contribution in [2.75, 3.05) is 11.9 Å². The van der Waals surface area contributed by atoms with Crippen molar-refractivity contribution in [1.82, 2.24) is 9.97 Å². The number of hydrogen-bond acceptors (Lipinski definition) is 4. The van der Waals surface area contributed by atoms with Gasteiger partial charge >= 0.3 is 0 Å². The van der Waals surface area contributed by atoms with Gasteiger partial charge in [-0.1, -0.05) is 29.8 Å². The van der Waals surface area contributed by atoms with Gasteiger partial charge in [-0.05, 0) is 19.4 Å². The van der Waals surface area contributed by atoms with Crippen LogP contribution < -0.4 is 4.90 Å². The topological polar surface area (TPSA) is 49.2 Å². The Bertz CT molecular complexity index is 569. The quantitative estimate of drug-likeness (QED) is 0.912. The molecule has 0 spiro atoms. The molecule has 0 unspecified atom stereocenters. The van der Waals surface area contributed by atoms with Crippen molar-refractivity contribution >= 4 is 5.95 Å². The van der Waals surface area contributed by atoms with E-state index in [1.54, 1.807) is 6.20 Å². The predicted octanol–water partition coefficient (Wildman–Crippen LogP) is 2.22. The average Bonchev–Trinajstić information content (AvgIpc) is 2.38. The van der Waals surface area contributed by atoms with Crippen LogP contribution in [0.15, 0.2) is 30.5 Å². The SMILES string of the molecule is Cc1cccc(CN(C)c2ncc(CO)c(C)n2)c1. The number of hydrogen-bond donors (Lipinski definition) is 1. The second kappa shape index (κ2) is 5.80. The zero-order chi connectivity index (χ0) is 13.8. The summed E-state index contributed by atoms with van der Waals surface area (Å²) >= 11 is 0. The first-order valence-corrected chi connectivity index (χ1v) is 6.30. The van der Waals surface area contributed by atoms with Gasteiger partial charge in [0.15, 0.2) is 0 Å². The lowest BCUT2D eigenvalue weighted by molar-refractivity contribution is 0.280. The second-order valence-electron chi connectivity index (χ2n) is 4.78. The fourth-order valence-corrected chi connectivity index (χ4v) is 1.97. The van der Waals surface area contributed by atoms with E-state index in [1.165, 1.54) is 11.1 Å². The monoisotopic (exact) mass is 257 g/mol. The van der Waals surface area contributed by atoms with Crippen LogP contribution in [0.1, 0.15) is 22.4 Å². The van der Waals surface area contributed by atoms with Crippen molar-refractivity contribution in [3.05, 3.63) is 52.8 Å². The van der Waals surface area contributed by atoms with Crippen LogP contribution in [0.25, 0.3) is 0 Å². The molecule has 100 valence electrons. The normalized spacial score (nSPS) is 10.5. The van der Waals surface area contributed by atoms with Crippen LogP contribution in [0, 0.1) is 13.8 Å². The third-order valence-corrected chi connectivity index (χ3v) is 3.08. The Labute approximate surface area is 113 Å². The van der Waals surface area contributed by atoms with Crippen molar-refractivity contribution in [1.29, 1.82) is 0 Å². The van der Waals surface area contributed by atoms with Crippen LogP contribution in [0.5, 0.6) is 0 Å². The third-order valence-electron chi connectivity index (χ3n) is 3.08. The molecular formula is C15H19N3O. The zero-order valence-electron chi connectivity index (χ0n) is 11.6. The number of aliphatic hydroxyl groups is 1. The molecule has 1 heterocycles. The number of rotatable bonds is 4. The van der Waals surface area contributed by atoms with Gasteiger partial charge in [0.25, 0.3) is 0 Å². The molecule has 1 N–H and O–H groups in total. The highest BCUT2D eigenvalue weighted by molar-refractivity contribution is 5.34. The summed E-state index contributed by atoms with van der Waals surface area (Å²) in [5.74, 6) is 0.677. The second-order valence-corrected chi connectivity index (χ2v) is 4.78. The van der Waals surface area contributed by atoms with Crippen molar-refractivity contribution < 1.29 is 5.11 Å². The summed E-state index contributed by atoms with van der Waals surface area (Å²) in [5, 5.41) is 9.12. The smallest absolute Gasteiger partial charge is 0.225 e. The fraction of sp³-hybridized carbons (Fsp3) is 0.333. The molecular weight excluding hydrogens is 238 g/mol. The molecule has 1 aromatic heterocycles. The van der Waals surface area contributed by atoms with E-state index < -0.39 is 0 Å². The number of benzene rings is 1. The molecule has 2 aromatic rings. The largest absolute Gasteiger partial charge is 0.392 e. The lowest BCUT2D eigenvalue weighted by atomic mass is 10.1. The van der Waals surface area contributed by atoms with Gasteiger partial charge in [-0.25, -0.2) is 9.97 Å². The zero-order valence-corrected chi connectivity index (χ0v) is 11.6. The Balaban J connectivity index is 2.15. The molecule has 2 rings (SSSR count). The molecule has 0 radical (unpaired) electrons. The van der Waals surface area contributed by atoms with Gasteiger partial charge in [-0.2, -0.15) is 0 Å². The molecule has 19 heavy (non-hydrogen) atoms. The molecule has 1 aromatic carbocycles. The summed E-state index contributed by atoms with van der Waals surface area (Å²) in [7, 11) is 1.97. The summed E-state index contributed by atoms with van der Waals surface area (Å²) in [5.41, 5.74) is 4.07. The number of nitrogens with zero attached hydrogens (tertiary/aromatic N) is 3. The standard InChI is InChI=1S/C15H19N3O/c1-11-5-4-6-13(7-11)9-18(3)15-16-8-14(10-19)12(2)17-15/h4-8,19H,9-10H2,1-3H3. The Hall–Kier alpha value is -1.94. The van der Waals surface area contributed by atoms with E-state index in [-0.39, 0.29) is 6.61 Å². The van der Waals surface area contributed by atoms with Gasteiger partial charge in [0.1, 0.15) is 0 Å². The van der Waals surface area contributed by atoms with Crippen molar-refractivity contribution in [3.8, 4) is 0 Å². The maximum absolute atomic E-state index is 9.12. The van der Waals surface area contributed by atoms with E-state index in [9.17, 15) is 0 Å². The molecule has 0 saturated heterocycles. The Kier molecular flexibility index (Phi) is 4.12. The minimum atomic E-state index is -0.0201. The van der Waals surface area contributed by atoms with Gasteiger partial charge in [0, 0.05) is 31.0 Å². The molecule has 0 aliphatic rings. The fourth-order valence-electron chi connectivity index (χ4n) is 1.97. The Morgan fingerprint density at radius 1 is 1.26 bits per heavy atom.